The van der Waals surface area contributed by atoms with Crippen LogP contribution in [0.2, 0.25) is 0 Å². The molecule has 2 aliphatic rings. The number of ether oxygens (including phenoxy) is 1. The molecule has 2 aliphatic carbocycles. The fourth-order valence-electron chi connectivity index (χ4n) is 2.82. The predicted molar refractivity (Wildman–Crippen MR) is 74.1 cm³/mol. The quantitative estimate of drug-likeness (QED) is 0.798. The predicted octanol–water partition coefficient (Wildman–Crippen LogP) is 2.20. The van der Waals surface area contributed by atoms with Gasteiger partial charge in [-0.1, -0.05) is 0 Å². The number of amides is 1. The molecule has 1 aromatic carbocycles. The van der Waals surface area contributed by atoms with Crippen molar-refractivity contribution < 1.29 is 9.53 Å². The first-order chi connectivity index (χ1) is 9.14. The standard InChI is InChI=1S/C15H20N2O2/c1-19-13-5-2-10(8-12(13)16)14(18)17-9-15(6-7-15)11-3-4-11/h2,5,8,11H,3-4,6-7,9,16H2,1H3,(H,17,18). The summed E-state index contributed by atoms with van der Waals surface area (Å²) in [5.41, 5.74) is 7.34. The van der Waals surface area contributed by atoms with Gasteiger partial charge in [0.15, 0.2) is 0 Å². The minimum absolute atomic E-state index is 0.0405. The van der Waals surface area contributed by atoms with Gasteiger partial charge in [-0.2, -0.15) is 0 Å². The van der Waals surface area contributed by atoms with Crippen molar-refractivity contribution in [3.8, 4) is 5.75 Å². The van der Waals surface area contributed by atoms with E-state index in [4.69, 9.17) is 10.5 Å². The number of hydrogen-bond acceptors (Lipinski definition) is 3. The summed E-state index contributed by atoms with van der Waals surface area (Å²) >= 11 is 0. The second-order valence-electron chi connectivity index (χ2n) is 5.78. The fraction of sp³-hybridized carbons (Fsp3) is 0.533. The van der Waals surface area contributed by atoms with E-state index in [0.29, 0.717) is 22.4 Å². The molecule has 19 heavy (non-hydrogen) atoms. The summed E-state index contributed by atoms with van der Waals surface area (Å²) in [5, 5.41) is 3.05. The zero-order chi connectivity index (χ0) is 13.5. The lowest BCUT2D eigenvalue weighted by Gasteiger charge is -2.15. The van der Waals surface area contributed by atoms with Gasteiger partial charge in [0.05, 0.1) is 12.8 Å². The number of benzene rings is 1. The monoisotopic (exact) mass is 260 g/mol. The van der Waals surface area contributed by atoms with E-state index >= 15 is 0 Å². The maximum Gasteiger partial charge on any atom is 0.251 e. The van der Waals surface area contributed by atoms with E-state index in [2.05, 4.69) is 5.32 Å². The van der Waals surface area contributed by atoms with E-state index in [0.717, 1.165) is 12.5 Å². The van der Waals surface area contributed by atoms with Crippen molar-refractivity contribution in [1.29, 1.82) is 0 Å². The van der Waals surface area contributed by atoms with Crippen LogP contribution in [-0.4, -0.2) is 19.6 Å². The molecule has 2 saturated carbocycles. The highest BCUT2D eigenvalue weighted by Gasteiger charge is 2.53. The Morgan fingerprint density at radius 1 is 1.47 bits per heavy atom. The number of nitrogen functional groups attached to an aromatic ring is 1. The first-order valence-corrected chi connectivity index (χ1v) is 6.86. The third kappa shape index (κ3) is 2.39. The van der Waals surface area contributed by atoms with E-state index in [9.17, 15) is 4.79 Å². The van der Waals surface area contributed by atoms with Crippen LogP contribution in [0.4, 0.5) is 5.69 Å². The highest BCUT2D eigenvalue weighted by atomic mass is 16.5. The van der Waals surface area contributed by atoms with E-state index in [1.54, 1.807) is 25.3 Å². The van der Waals surface area contributed by atoms with Gasteiger partial charge in [-0.05, 0) is 55.2 Å². The number of rotatable bonds is 5. The third-order valence-corrected chi connectivity index (χ3v) is 4.43. The summed E-state index contributed by atoms with van der Waals surface area (Å²) in [6.45, 7) is 0.808. The Labute approximate surface area is 113 Å². The molecule has 0 aliphatic heterocycles. The number of anilines is 1. The van der Waals surface area contributed by atoms with Crippen LogP contribution in [0.15, 0.2) is 18.2 Å². The van der Waals surface area contributed by atoms with Crippen LogP contribution in [-0.2, 0) is 0 Å². The average molecular weight is 260 g/mol. The zero-order valence-electron chi connectivity index (χ0n) is 11.2. The van der Waals surface area contributed by atoms with Gasteiger partial charge in [-0.25, -0.2) is 0 Å². The van der Waals surface area contributed by atoms with Crippen molar-refractivity contribution in [2.45, 2.75) is 25.7 Å². The SMILES string of the molecule is COc1ccc(C(=O)NCC2(C3CC3)CC2)cc1N. The van der Waals surface area contributed by atoms with Crippen LogP contribution in [0.5, 0.6) is 5.75 Å². The number of hydrogen-bond donors (Lipinski definition) is 2. The molecule has 3 N–H and O–H groups in total. The Kier molecular flexibility index (Phi) is 2.88. The molecule has 0 unspecified atom stereocenters. The van der Waals surface area contributed by atoms with E-state index < -0.39 is 0 Å². The normalized spacial score (nSPS) is 19.8. The largest absolute Gasteiger partial charge is 0.495 e. The molecule has 1 aromatic rings. The molecule has 0 bridgehead atoms. The van der Waals surface area contributed by atoms with Crippen LogP contribution in [0.25, 0.3) is 0 Å². The molecule has 0 radical (unpaired) electrons. The second-order valence-corrected chi connectivity index (χ2v) is 5.78. The molecule has 0 heterocycles. The van der Waals surface area contributed by atoms with E-state index in [1.807, 2.05) is 0 Å². The summed E-state index contributed by atoms with van der Waals surface area (Å²) in [6, 6.07) is 5.16. The van der Waals surface area contributed by atoms with E-state index in [1.165, 1.54) is 25.7 Å². The van der Waals surface area contributed by atoms with Crippen LogP contribution in [0, 0.1) is 11.3 Å². The first-order valence-electron chi connectivity index (χ1n) is 6.86. The number of carbonyl (C=O) groups excluding carboxylic acids is 1. The van der Waals surface area contributed by atoms with Crippen molar-refractivity contribution in [3.63, 3.8) is 0 Å². The summed E-state index contributed by atoms with van der Waals surface area (Å²) in [5.74, 6) is 1.42. The molecule has 0 atom stereocenters. The Morgan fingerprint density at radius 3 is 2.74 bits per heavy atom. The molecule has 2 fully saturated rings. The minimum Gasteiger partial charge on any atom is -0.495 e. The fourth-order valence-corrected chi connectivity index (χ4v) is 2.82. The Morgan fingerprint density at radius 2 is 2.21 bits per heavy atom. The van der Waals surface area contributed by atoms with Crippen LogP contribution < -0.4 is 15.8 Å². The summed E-state index contributed by atoms with van der Waals surface area (Å²) in [7, 11) is 1.57. The van der Waals surface area contributed by atoms with Crippen molar-refractivity contribution in [2.75, 3.05) is 19.4 Å². The van der Waals surface area contributed by atoms with Gasteiger partial charge in [0.25, 0.3) is 5.91 Å². The molecule has 3 rings (SSSR count). The van der Waals surface area contributed by atoms with Crippen molar-refractivity contribution in [1.82, 2.24) is 5.32 Å². The van der Waals surface area contributed by atoms with Crippen molar-refractivity contribution in [2.24, 2.45) is 11.3 Å². The molecule has 4 nitrogen and oxygen atoms in total. The van der Waals surface area contributed by atoms with Gasteiger partial charge in [0, 0.05) is 12.1 Å². The molecule has 0 spiro atoms. The van der Waals surface area contributed by atoms with Gasteiger partial charge in [-0.3, -0.25) is 4.79 Å². The lowest BCUT2D eigenvalue weighted by molar-refractivity contribution is 0.0942. The number of nitrogens with two attached hydrogens (primary N) is 1. The lowest BCUT2D eigenvalue weighted by Crippen LogP contribution is -2.31. The Hall–Kier alpha value is -1.71. The number of nitrogens with one attached hydrogen (secondary N) is 1. The van der Waals surface area contributed by atoms with Gasteiger partial charge in [0.1, 0.15) is 5.75 Å². The maximum absolute atomic E-state index is 12.1. The van der Waals surface area contributed by atoms with E-state index in [-0.39, 0.29) is 5.91 Å². The van der Waals surface area contributed by atoms with Gasteiger partial charge in [-0.15, -0.1) is 0 Å². The first kappa shape index (κ1) is 12.3. The zero-order valence-corrected chi connectivity index (χ0v) is 11.2. The summed E-state index contributed by atoms with van der Waals surface area (Å²) in [4.78, 5) is 12.1. The maximum atomic E-state index is 12.1. The van der Waals surface area contributed by atoms with Crippen molar-refractivity contribution in [3.05, 3.63) is 23.8 Å². The summed E-state index contributed by atoms with van der Waals surface area (Å²) in [6.07, 6.45) is 5.21. The molecule has 0 aromatic heterocycles. The average Bonchev–Trinajstić information content (AvgIpc) is 3.28. The second kappa shape index (κ2) is 4.44. The highest BCUT2D eigenvalue weighted by Crippen LogP contribution is 2.60. The number of methoxy groups -OCH3 is 1. The topological polar surface area (TPSA) is 64.3 Å². The highest BCUT2D eigenvalue weighted by molar-refractivity contribution is 5.95. The molecule has 4 heteroatoms. The van der Waals surface area contributed by atoms with Gasteiger partial charge in [0.2, 0.25) is 0 Å². The number of carbonyl (C=O) groups is 1. The lowest BCUT2D eigenvalue weighted by atomic mass is 10.0. The Balaban J connectivity index is 1.62. The third-order valence-electron chi connectivity index (χ3n) is 4.43. The minimum atomic E-state index is -0.0405. The molecular formula is C15H20N2O2. The van der Waals surface area contributed by atoms with Gasteiger partial charge >= 0.3 is 0 Å². The van der Waals surface area contributed by atoms with Crippen LogP contribution >= 0.6 is 0 Å². The van der Waals surface area contributed by atoms with Crippen LogP contribution in [0.3, 0.4) is 0 Å². The van der Waals surface area contributed by atoms with Gasteiger partial charge < -0.3 is 15.8 Å². The Bertz CT molecular complexity index is 505. The molecular weight excluding hydrogens is 240 g/mol. The molecule has 0 saturated heterocycles. The smallest absolute Gasteiger partial charge is 0.251 e. The molecule has 1 amide bonds. The summed E-state index contributed by atoms with van der Waals surface area (Å²) < 4.78 is 5.09. The molecule has 102 valence electrons. The van der Waals surface area contributed by atoms with Crippen molar-refractivity contribution >= 4 is 11.6 Å². The van der Waals surface area contributed by atoms with Crippen LogP contribution in [0.1, 0.15) is 36.0 Å².